The first-order chi connectivity index (χ1) is 7.03. The zero-order valence-electron chi connectivity index (χ0n) is 9.66. The fourth-order valence-electron chi connectivity index (χ4n) is 1.22. The van der Waals surface area contributed by atoms with Gasteiger partial charge >= 0.3 is 0 Å². The minimum atomic E-state index is 0.0630. The molecular weight excluding hydrogens is 188 g/mol. The van der Waals surface area contributed by atoms with E-state index in [0.717, 1.165) is 12.2 Å². The molecule has 15 heavy (non-hydrogen) atoms. The zero-order chi connectivity index (χ0) is 11.3. The van der Waals surface area contributed by atoms with Crippen molar-refractivity contribution in [1.82, 2.24) is 0 Å². The summed E-state index contributed by atoms with van der Waals surface area (Å²) in [6.07, 6.45) is 0. The standard InChI is InChI=1S/C12H18N2O/c1-4-14(2,3)10-12(15)13-11-8-6-5-7-9-11/h5-9H,4,10H2,1-3H3/p+1. The van der Waals surface area contributed by atoms with Gasteiger partial charge in [-0.15, -0.1) is 0 Å². The average molecular weight is 207 g/mol. The first-order valence-electron chi connectivity index (χ1n) is 5.20. The van der Waals surface area contributed by atoms with Gasteiger partial charge in [-0.2, -0.15) is 0 Å². The second-order valence-corrected chi connectivity index (χ2v) is 4.32. The van der Waals surface area contributed by atoms with Crippen LogP contribution in [0.2, 0.25) is 0 Å². The lowest BCUT2D eigenvalue weighted by atomic mass is 10.3. The predicted molar refractivity (Wildman–Crippen MR) is 62.6 cm³/mol. The molecule has 0 aromatic heterocycles. The Balaban J connectivity index is 2.51. The molecule has 3 heteroatoms. The highest BCUT2D eigenvalue weighted by atomic mass is 16.2. The van der Waals surface area contributed by atoms with Crippen LogP contribution in [0.5, 0.6) is 0 Å². The molecule has 1 rings (SSSR count). The molecule has 0 aliphatic carbocycles. The lowest BCUT2D eigenvalue weighted by molar-refractivity contribution is -0.880. The number of likely N-dealkylation sites (N-methyl/N-ethyl adjacent to an activating group) is 1. The minimum absolute atomic E-state index is 0.0630. The Morgan fingerprint density at radius 1 is 1.27 bits per heavy atom. The van der Waals surface area contributed by atoms with Gasteiger partial charge in [0.2, 0.25) is 0 Å². The van der Waals surface area contributed by atoms with Crippen LogP contribution < -0.4 is 5.32 Å². The molecular formula is C12H19N2O+. The monoisotopic (exact) mass is 207 g/mol. The number of hydrogen-bond acceptors (Lipinski definition) is 1. The number of amides is 1. The molecule has 0 radical (unpaired) electrons. The molecule has 0 aliphatic heterocycles. The zero-order valence-corrected chi connectivity index (χ0v) is 9.66. The summed E-state index contributed by atoms with van der Waals surface area (Å²) in [7, 11) is 4.09. The van der Waals surface area contributed by atoms with Crippen molar-refractivity contribution in [2.75, 3.05) is 32.5 Å². The topological polar surface area (TPSA) is 29.1 Å². The molecule has 0 heterocycles. The number of rotatable bonds is 4. The molecule has 0 saturated carbocycles. The van der Waals surface area contributed by atoms with Crippen molar-refractivity contribution in [1.29, 1.82) is 0 Å². The van der Waals surface area contributed by atoms with E-state index < -0.39 is 0 Å². The van der Waals surface area contributed by atoms with Crippen LogP contribution in [0.3, 0.4) is 0 Å². The third kappa shape index (κ3) is 4.13. The second-order valence-electron chi connectivity index (χ2n) is 4.32. The third-order valence-corrected chi connectivity index (χ3v) is 2.49. The van der Waals surface area contributed by atoms with Crippen molar-refractivity contribution >= 4 is 11.6 Å². The second kappa shape index (κ2) is 4.94. The molecule has 3 nitrogen and oxygen atoms in total. The quantitative estimate of drug-likeness (QED) is 0.748. The van der Waals surface area contributed by atoms with Gasteiger partial charge in [0.25, 0.3) is 5.91 Å². The van der Waals surface area contributed by atoms with E-state index in [4.69, 9.17) is 0 Å². The lowest BCUT2D eigenvalue weighted by Crippen LogP contribution is -2.45. The molecule has 0 aliphatic rings. The van der Waals surface area contributed by atoms with Crippen LogP contribution in [0.1, 0.15) is 6.92 Å². The molecule has 0 unspecified atom stereocenters. The number of anilines is 1. The average Bonchev–Trinajstić information content (AvgIpc) is 2.18. The van der Waals surface area contributed by atoms with Gasteiger partial charge < -0.3 is 9.80 Å². The van der Waals surface area contributed by atoms with Gasteiger partial charge in [0.15, 0.2) is 6.54 Å². The van der Waals surface area contributed by atoms with E-state index in [9.17, 15) is 4.79 Å². The number of carbonyl (C=O) groups is 1. The molecule has 0 spiro atoms. The maximum atomic E-state index is 11.7. The maximum Gasteiger partial charge on any atom is 0.279 e. The van der Waals surface area contributed by atoms with E-state index >= 15 is 0 Å². The van der Waals surface area contributed by atoms with Crippen LogP contribution in [0.25, 0.3) is 0 Å². The van der Waals surface area contributed by atoms with Crippen LogP contribution in [-0.4, -0.2) is 37.6 Å². The molecule has 0 atom stereocenters. The van der Waals surface area contributed by atoms with Gasteiger partial charge in [-0.1, -0.05) is 18.2 Å². The van der Waals surface area contributed by atoms with Crippen LogP contribution in [0.4, 0.5) is 5.69 Å². The molecule has 0 fully saturated rings. The number of nitrogens with zero attached hydrogens (tertiary/aromatic N) is 1. The minimum Gasteiger partial charge on any atom is -0.321 e. The van der Waals surface area contributed by atoms with E-state index in [0.29, 0.717) is 11.0 Å². The van der Waals surface area contributed by atoms with Crippen LogP contribution >= 0.6 is 0 Å². The van der Waals surface area contributed by atoms with E-state index in [2.05, 4.69) is 12.2 Å². The van der Waals surface area contributed by atoms with Gasteiger partial charge in [-0.05, 0) is 19.1 Å². The smallest absolute Gasteiger partial charge is 0.279 e. The van der Waals surface area contributed by atoms with Crippen molar-refractivity contribution in [3.05, 3.63) is 30.3 Å². The summed E-state index contributed by atoms with van der Waals surface area (Å²) < 4.78 is 0.707. The molecule has 82 valence electrons. The molecule has 0 saturated heterocycles. The normalized spacial score (nSPS) is 11.1. The SMILES string of the molecule is CC[N+](C)(C)CC(=O)Nc1ccccc1. The molecule has 1 aromatic rings. The molecule has 1 amide bonds. The van der Waals surface area contributed by atoms with Gasteiger partial charge in [0.05, 0.1) is 20.6 Å². The Hall–Kier alpha value is -1.35. The largest absolute Gasteiger partial charge is 0.321 e. The fraction of sp³-hybridized carbons (Fsp3) is 0.417. The fourth-order valence-corrected chi connectivity index (χ4v) is 1.22. The summed E-state index contributed by atoms with van der Waals surface area (Å²) >= 11 is 0. The van der Waals surface area contributed by atoms with Crippen LogP contribution in [0.15, 0.2) is 30.3 Å². The summed E-state index contributed by atoms with van der Waals surface area (Å²) in [5.74, 6) is 0.0630. The van der Waals surface area contributed by atoms with Crippen molar-refractivity contribution in [2.45, 2.75) is 6.92 Å². The Labute approximate surface area is 91.3 Å². The van der Waals surface area contributed by atoms with E-state index in [1.165, 1.54) is 0 Å². The van der Waals surface area contributed by atoms with E-state index in [1.54, 1.807) is 0 Å². The number of nitrogens with one attached hydrogen (secondary N) is 1. The number of quaternary nitrogens is 1. The van der Waals surface area contributed by atoms with Crippen LogP contribution in [0, 0.1) is 0 Å². The maximum absolute atomic E-state index is 11.7. The lowest BCUT2D eigenvalue weighted by Gasteiger charge is -2.27. The highest BCUT2D eigenvalue weighted by Gasteiger charge is 2.17. The van der Waals surface area contributed by atoms with Crippen molar-refractivity contribution < 1.29 is 9.28 Å². The summed E-state index contributed by atoms with van der Waals surface area (Å²) in [5.41, 5.74) is 0.860. The number of carbonyl (C=O) groups excluding carboxylic acids is 1. The molecule has 0 bridgehead atoms. The predicted octanol–water partition coefficient (Wildman–Crippen LogP) is 1.72. The summed E-state index contributed by atoms with van der Waals surface area (Å²) in [4.78, 5) is 11.7. The summed E-state index contributed by atoms with van der Waals surface area (Å²) in [6, 6.07) is 9.54. The van der Waals surface area contributed by atoms with Crippen molar-refractivity contribution in [3.8, 4) is 0 Å². The van der Waals surface area contributed by atoms with E-state index in [-0.39, 0.29) is 5.91 Å². The van der Waals surface area contributed by atoms with Gasteiger partial charge in [-0.3, -0.25) is 4.79 Å². The highest BCUT2D eigenvalue weighted by Crippen LogP contribution is 2.05. The Bertz CT molecular complexity index is 320. The number of hydrogen-bond donors (Lipinski definition) is 1. The Kier molecular flexibility index (Phi) is 3.86. The first kappa shape index (κ1) is 11.7. The summed E-state index contributed by atoms with van der Waals surface area (Å²) in [5, 5.41) is 2.88. The number of benzene rings is 1. The number of para-hydroxylation sites is 1. The van der Waals surface area contributed by atoms with Crippen molar-refractivity contribution in [3.63, 3.8) is 0 Å². The van der Waals surface area contributed by atoms with Crippen molar-refractivity contribution in [2.24, 2.45) is 0 Å². The Morgan fingerprint density at radius 2 is 1.87 bits per heavy atom. The molecule has 1 aromatic carbocycles. The van der Waals surface area contributed by atoms with Gasteiger partial charge in [0.1, 0.15) is 0 Å². The highest BCUT2D eigenvalue weighted by molar-refractivity contribution is 5.91. The third-order valence-electron chi connectivity index (χ3n) is 2.49. The van der Waals surface area contributed by atoms with E-state index in [1.807, 2.05) is 44.4 Å². The summed E-state index contributed by atoms with van der Waals surface area (Å²) in [6.45, 7) is 3.53. The van der Waals surface area contributed by atoms with Gasteiger partial charge in [-0.25, -0.2) is 0 Å². The van der Waals surface area contributed by atoms with Gasteiger partial charge in [0, 0.05) is 5.69 Å². The van der Waals surface area contributed by atoms with Crippen LogP contribution in [-0.2, 0) is 4.79 Å². The Morgan fingerprint density at radius 3 is 2.40 bits per heavy atom. The first-order valence-corrected chi connectivity index (χ1v) is 5.20. The molecule has 1 N–H and O–H groups in total.